The van der Waals surface area contributed by atoms with E-state index in [1.807, 2.05) is 55.5 Å². The smallest absolute Gasteiger partial charge is 0.272 e. The predicted molar refractivity (Wildman–Crippen MR) is 124 cm³/mol. The average molecular weight is 436 g/mol. The van der Waals surface area contributed by atoms with Gasteiger partial charge in [-0.25, -0.2) is 4.98 Å². The molecular formula is C23H21N3O2S2. The summed E-state index contributed by atoms with van der Waals surface area (Å²) in [6.07, 6.45) is 0. The summed E-state index contributed by atoms with van der Waals surface area (Å²) in [7, 11) is 0. The highest BCUT2D eigenvalue weighted by Gasteiger charge is 2.19. The van der Waals surface area contributed by atoms with E-state index in [1.54, 1.807) is 11.5 Å². The summed E-state index contributed by atoms with van der Waals surface area (Å²) >= 11 is 2.66. The van der Waals surface area contributed by atoms with Crippen LogP contribution in [0.1, 0.15) is 18.1 Å². The maximum atomic E-state index is 13.4. The number of nitrogens with zero attached hydrogens (tertiary/aromatic N) is 2. The summed E-state index contributed by atoms with van der Waals surface area (Å²) in [5.74, 6) is -0.439. The van der Waals surface area contributed by atoms with Crippen molar-refractivity contribution in [3.63, 3.8) is 0 Å². The maximum absolute atomic E-state index is 13.4. The summed E-state index contributed by atoms with van der Waals surface area (Å²) in [6, 6.07) is 19.9. The fourth-order valence-electron chi connectivity index (χ4n) is 3.06. The van der Waals surface area contributed by atoms with Crippen molar-refractivity contribution in [1.29, 1.82) is 0 Å². The molecule has 2 aromatic heterocycles. The molecule has 4 aromatic rings. The number of carbonyl (C=O) groups is 1. The topological polar surface area (TPSA) is 78.0 Å². The van der Waals surface area contributed by atoms with Crippen molar-refractivity contribution in [3.05, 3.63) is 82.1 Å². The Balaban J connectivity index is 1.85. The lowest BCUT2D eigenvalue weighted by Gasteiger charge is -2.14. The van der Waals surface area contributed by atoms with Crippen molar-refractivity contribution < 1.29 is 4.79 Å². The van der Waals surface area contributed by atoms with Crippen molar-refractivity contribution in [1.82, 2.24) is 9.55 Å². The number of thioether (sulfide) groups is 1. The quantitative estimate of drug-likeness (QED) is 0.359. The molecule has 30 heavy (non-hydrogen) atoms. The van der Waals surface area contributed by atoms with Crippen molar-refractivity contribution in [2.24, 2.45) is 5.73 Å². The molecule has 1 amide bonds. The van der Waals surface area contributed by atoms with E-state index >= 15 is 0 Å². The standard InChI is InChI=1S/C23H21N3O2S2/c1-14-8-10-17(11-9-14)19-12-18-20(30-19)22(28)26(13-16-6-4-3-5-7-16)23(25-18)29-15(2)21(24)27/h3-12,15H,13H2,1-2H3,(H2,24,27). The molecule has 0 fully saturated rings. The molecule has 0 radical (unpaired) electrons. The number of thiophene rings is 1. The van der Waals surface area contributed by atoms with E-state index in [4.69, 9.17) is 10.7 Å². The monoisotopic (exact) mass is 435 g/mol. The zero-order valence-corrected chi connectivity index (χ0v) is 18.3. The maximum Gasteiger partial charge on any atom is 0.272 e. The van der Waals surface area contributed by atoms with Crippen LogP contribution in [0.3, 0.4) is 0 Å². The Morgan fingerprint density at radius 2 is 1.87 bits per heavy atom. The first kappa shape index (κ1) is 20.4. The molecule has 5 nitrogen and oxygen atoms in total. The van der Waals surface area contributed by atoms with Crippen LogP contribution < -0.4 is 11.3 Å². The number of hydrogen-bond donors (Lipinski definition) is 1. The van der Waals surface area contributed by atoms with Gasteiger partial charge in [0.2, 0.25) is 5.91 Å². The summed E-state index contributed by atoms with van der Waals surface area (Å²) in [6.45, 7) is 4.15. The van der Waals surface area contributed by atoms with Gasteiger partial charge in [-0.1, -0.05) is 71.9 Å². The SMILES string of the molecule is Cc1ccc(-c2cc3nc(SC(C)C(N)=O)n(Cc4ccccc4)c(=O)c3s2)cc1. The lowest BCUT2D eigenvalue weighted by molar-refractivity contribution is -0.117. The highest BCUT2D eigenvalue weighted by atomic mass is 32.2. The first-order valence-electron chi connectivity index (χ1n) is 9.53. The summed E-state index contributed by atoms with van der Waals surface area (Å²) in [5, 5.41) is 0.00230. The Morgan fingerprint density at radius 1 is 1.17 bits per heavy atom. The van der Waals surface area contributed by atoms with Crippen LogP contribution in [0.5, 0.6) is 0 Å². The molecule has 1 unspecified atom stereocenters. The van der Waals surface area contributed by atoms with Gasteiger partial charge in [0.05, 0.1) is 17.3 Å². The molecule has 0 saturated carbocycles. The number of aryl methyl sites for hydroxylation is 1. The van der Waals surface area contributed by atoms with Crippen LogP contribution in [0.25, 0.3) is 20.7 Å². The number of primary amides is 1. The molecule has 0 aliphatic heterocycles. The fourth-order valence-corrected chi connectivity index (χ4v) is 4.97. The minimum atomic E-state index is -0.494. The second-order valence-corrected chi connectivity index (χ2v) is 9.48. The number of nitrogens with two attached hydrogens (primary N) is 1. The minimum absolute atomic E-state index is 0.105. The van der Waals surface area contributed by atoms with Gasteiger partial charge in [0.25, 0.3) is 5.56 Å². The third-order valence-corrected chi connectivity index (χ3v) is 7.07. The van der Waals surface area contributed by atoms with E-state index in [2.05, 4.69) is 12.1 Å². The third kappa shape index (κ3) is 4.17. The van der Waals surface area contributed by atoms with Gasteiger partial charge in [0.1, 0.15) is 4.70 Å². The zero-order chi connectivity index (χ0) is 21.3. The van der Waals surface area contributed by atoms with Crippen LogP contribution in [0, 0.1) is 6.92 Å². The fraction of sp³-hybridized carbons (Fsp3) is 0.174. The molecule has 7 heteroatoms. The van der Waals surface area contributed by atoms with E-state index in [9.17, 15) is 9.59 Å². The van der Waals surface area contributed by atoms with Crippen LogP contribution >= 0.6 is 23.1 Å². The van der Waals surface area contributed by atoms with Crippen LogP contribution in [0.4, 0.5) is 0 Å². The molecule has 2 N–H and O–H groups in total. The predicted octanol–water partition coefficient (Wildman–Crippen LogP) is 4.45. The van der Waals surface area contributed by atoms with Gasteiger partial charge in [0, 0.05) is 4.88 Å². The number of benzene rings is 2. The Kier molecular flexibility index (Phi) is 5.74. The van der Waals surface area contributed by atoms with E-state index in [-0.39, 0.29) is 5.56 Å². The minimum Gasteiger partial charge on any atom is -0.369 e. The van der Waals surface area contributed by atoms with Gasteiger partial charge in [-0.15, -0.1) is 11.3 Å². The Labute approximate surface area is 182 Å². The van der Waals surface area contributed by atoms with E-state index in [1.165, 1.54) is 28.7 Å². The molecule has 0 bridgehead atoms. The Hall–Kier alpha value is -2.90. The van der Waals surface area contributed by atoms with Crippen LogP contribution in [0.2, 0.25) is 0 Å². The average Bonchev–Trinajstić information content (AvgIpc) is 3.16. The van der Waals surface area contributed by atoms with Crippen LogP contribution in [-0.4, -0.2) is 20.7 Å². The molecule has 4 rings (SSSR count). The number of aromatic nitrogens is 2. The van der Waals surface area contributed by atoms with E-state index < -0.39 is 11.2 Å². The molecule has 0 spiro atoms. The molecular weight excluding hydrogens is 414 g/mol. The van der Waals surface area contributed by atoms with Gasteiger partial charge < -0.3 is 5.73 Å². The number of fused-ring (bicyclic) bond motifs is 1. The largest absolute Gasteiger partial charge is 0.369 e. The lowest BCUT2D eigenvalue weighted by Crippen LogP contribution is -2.27. The van der Waals surface area contributed by atoms with Crippen LogP contribution in [-0.2, 0) is 11.3 Å². The van der Waals surface area contributed by atoms with Crippen molar-refractivity contribution >= 4 is 39.2 Å². The van der Waals surface area contributed by atoms with Gasteiger partial charge in [-0.3, -0.25) is 14.2 Å². The summed E-state index contributed by atoms with van der Waals surface area (Å²) in [5.41, 5.74) is 9.22. The molecule has 0 saturated heterocycles. The number of hydrogen-bond acceptors (Lipinski definition) is 5. The van der Waals surface area contributed by atoms with E-state index in [0.717, 1.165) is 16.0 Å². The second-order valence-electron chi connectivity index (χ2n) is 7.12. The van der Waals surface area contributed by atoms with Crippen LogP contribution in [0.15, 0.2) is 70.6 Å². The van der Waals surface area contributed by atoms with Gasteiger partial charge >= 0.3 is 0 Å². The second kappa shape index (κ2) is 8.45. The summed E-state index contributed by atoms with van der Waals surface area (Å²) < 4.78 is 2.24. The van der Waals surface area contributed by atoms with Gasteiger partial charge in [-0.2, -0.15) is 0 Å². The zero-order valence-electron chi connectivity index (χ0n) is 16.7. The Bertz CT molecular complexity index is 1260. The van der Waals surface area contributed by atoms with Gasteiger partial charge in [0.15, 0.2) is 5.16 Å². The lowest BCUT2D eigenvalue weighted by atomic mass is 10.1. The molecule has 0 aliphatic rings. The number of carbonyl (C=O) groups excluding carboxylic acids is 1. The highest BCUT2D eigenvalue weighted by Crippen LogP contribution is 2.33. The Morgan fingerprint density at radius 3 is 2.53 bits per heavy atom. The normalized spacial score (nSPS) is 12.2. The number of rotatable bonds is 6. The van der Waals surface area contributed by atoms with Crippen molar-refractivity contribution in [2.75, 3.05) is 0 Å². The molecule has 1 atom stereocenters. The molecule has 0 aliphatic carbocycles. The van der Waals surface area contributed by atoms with Crippen molar-refractivity contribution in [3.8, 4) is 10.4 Å². The first-order valence-corrected chi connectivity index (χ1v) is 11.2. The van der Waals surface area contributed by atoms with Gasteiger partial charge in [-0.05, 0) is 31.0 Å². The third-order valence-electron chi connectivity index (χ3n) is 4.80. The molecule has 2 heterocycles. The first-order chi connectivity index (χ1) is 14.4. The highest BCUT2D eigenvalue weighted by molar-refractivity contribution is 8.00. The van der Waals surface area contributed by atoms with Crippen molar-refractivity contribution in [2.45, 2.75) is 30.8 Å². The molecule has 2 aromatic carbocycles. The summed E-state index contributed by atoms with van der Waals surface area (Å²) in [4.78, 5) is 30.8. The molecule has 152 valence electrons. The number of amides is 1. The van der Waals surface area contributed by atoms with E-state index in [0.29, 0.717) is 21.9 Å².